The van der Waals surface area contributed by atoms with Crippen molar-refractivity contribution in [3.05, 3.63) is 30.2 Å². The molecular formula is C16H21BFNO2. The highest BCUT2D eigenvalue weighted by atomic mass is 19.1. The van der Waals surface area contributed by atoms with Crippen LogP contribution in [0.25, 0.3) is 10.9 Å². The Labute approximate surface area is 125 Å². The van der Waals surface area contributed by atoms with Gasteiger partial charge in [-0.05, 0) is 38.0 Å². The minimum absolute atomic E-state index is 0.0364. The standard InChI is InChI=1S/C16H21BFNO2/c1-5-10(2)16(4)11(3)20-17(21-16)14-9-13(18)8-12-6-7-19-15(12)14/h6-11,19H,5H2,1-4H3. The molecular weight excluding hydrogens is 268 g/mol. The van der Waals surface area contributed by atoms with Crippen LogP contribution in [0, 0.1) is 11.7 Å². The summed E-state index contributed by atoms with van der Waals surface area (Å²) in [5.74, 6) is 0.0966. The molecule has 1 aromatic carbocycles. The minimum Gasteiger partial charge on any atom is -0.402 e. The molecule has 1 fully saturated rings. The van der Waals surface area contributed by atoms with Crippen LogP contribution in [0.2, 0.25) is 0 Å². The summed E-state index contributed by atoms with van der Waals surface area (Å²) in [6, 6.07) is 4.87. The third-order valence-electron chi connectivity index (χ3n) is 5.00. The topological polar surface area (TPSA) is 34.2 Å². The van der Waals surface area contributed by atoms with Gasteiger partial charge in [-0.2, -0.15) is 0 Å². The van der Waals surface area contributed by atoms with E-state index in [1.807, 2.05) is 13.0 Å². The number of nitrogens with one attached hydrogen (secondary N) is 1. The molecule has 21 heavy (non-hydrogen) atoms. The lowest BCUT2D eigenvalue weighted by Gasteiger charge is -2.33. The van der Waals surface area contributed by atoms with Crippen LogP contribution in [-0.4, -0.2) is 23.8 Å². The molecule has 0 bridgehead atoms. The maximum absolute atomic E-state index is 13.8. The van der Waals surface area contributed by atoms with Gasteiger partial charge in [0.25, 0.3) is 0 Å². The zero-order valence-corrected chi connectivity index (χ0v) is 12.9. The van der Waals surface area contributed by atoms with Gasteiger partial charge in [-0.15, -0.1) is 0 Å². The number of aromatic amines is 1. The predicted molar refractivity (Wildman–Crippen MR) is 83.1 cm³/mol. The number of hydrogen-bond acceptors (Lipinski definition) is 2. The van der Waals surface area contributed by atoms with Gasteiger partial charge < -0.3 is 14.3 Å². The van der Waals surface area contributed by atoms with E-state index in [1.54, 1.807) is 6.20 Å². The number of H-pyrrole nitrogens is 1. The van der Waals surface area contributed by atoms with Crippen LogP contribution in [0.1, 0.15) is 34.1 Å². The van der Waals surface area contributed by atoms with Gasteiger partial charge in [0.15, 0.2) is 0 Å². The second kappa shape index (κ2) is 5.14. The first-order valence-electron chi connectivity index (χ1n) is 7.55. The summed E-state index contributed by atoms with van der Waals surface area (Å²) in [5, 5.41) is 0.835. The van der Waals surface area contributed by atoms with Crippen LogP contribution in [-0.2, 0) is 9.31 Å². The second-order valence-corrected chi connectivity index (χ2v) is 6.16. The van der Waals surface area contributed by atoms with Crippen molar-refractivity contribution in [1.29, 1.82) is 0 Å². The first kappa shape index (κ1) is 14.6. The number of rotatable bonds is 3. The van der Waals surface area contributed by atoms with Crippen molar-refractivity contribution in [3.63, 3.8) is 0 Å². The van der Waals surface area contributed by atoms with Crippen molar-refractivity contribution in [2.24, 2.45) is 5.92 Å². The van der Waals surface area contributed by atoms with E-state index in [-0.39, 0.29) is 17.5 Å². The molecule has 3 atom stereocenters. The third-order valence-corrected chi connectivity index (χ3v) is 5.00. The van der Waals surface area contributed by atoms with Gasteiger partial charge >= 0.3 is 7.12 Å². The molecule has 0 aliphatic carbocycles. The van der Waals surface area contributed by atoms with Gasteiger partial charge in [-0.1, -0.05) is 20.3 Å². The lowest BCUT2D eigenvalue weighted by Crippen LogP contribution is -2.42. The van der Waals surface area contributed by atoms with Crippen LogP contribution in [0.5, 0.6) is 0 Å². The lowest BCUT2D eigenvalue weighted by atomic mass is 9.77. The molecule has 1 aliphatic heterocycles. The van der Waals surface area contributed by atoms with E-state index in [2.05, 4.69) is 25.8 Å². The largest absolute Gasteiger partial charge is 0.496 e. The Kier molecular flexibility index (Phi) is 3.58. The molecule has 3 unspecified atom stereocenters. The summed E-state index contributed by atoms with van der Waals surface area (Å²) < 4.78 is 26.1. The number of fused-ring (bicyclic) bond motifs is 1. The molecule has 112 valence electrons. The van der Waals surface area contributed by atoms with Crippen molar-refractivity contribution in [1.82, 2.24) is 4.98 Å². The molecule has 1 aliphatic rings. The number of halogens is 1. The SMILES string of the molecule is CCC(C)C1(C)OB(c2cc(F)cc3cc[nH]c23)OC1C. The third kappa shape index (κ3) is 2.28. The van der Waals surface area contributed by atoms with Gasteiger partial charge in [0.1, 0.15) is 5.82 Å². The Bertz CT molecular complexity index is 659. The Morgan fingerprint density at radius 3 is 2.95 bits per heavy atom. The fraction of sp³-hybridized carbons (Fsp3) is 0.500. The van der Waals surface area contributed by atoms with E-state index < -0.39 is 7.12 Å². The summed E-state index contributed by atoms with van der Waals surface area (Å²) in [4.78, 5) is 3.15. The summed E-state index contributed by atoms with van der Waals surface area (Å²) in [5.41, 5.74) is 1.25. The van der Waals surface area contributed by atoms with Crippen molar-refractivity contribution < 1.29 is 13.7 Å². The van der Waals surface area contributed by atoms with E-state index in [9.17, 15) is 4.39 Å². The zero-order valence-electron chi connectivity index (χ0n) is 12.9. The Hall–Kier alpha value is -1.33. The molecule has 1 aromatic heterocycles. The number of hydrogen-bond donors (Lipinski definition) is 1. The fourth-order valence-corrected chi connectivity index (χ4v) is 3.08. The number of benzene rings is 1. The van der Waals surface area contributed by atoms with Crippen molar-refractivity contribution in [3.8, 4) is 0 Å². The first-order chi connectivity index (χ1) is 9.95. The molecule has 0 saturated carbocycles. The van der Waals surface area contributed by atoms with Crippen molar-refractivity contribution >= 4 is 23.5 Å². The Morgan fingerprint density at radius 2 is 2.24 bits per heavy atom. The van der Waals surface area contributed by atoms with Crippen molar-refractivity contribution in [2.45, 2.75) is 45.8 Å². The molecule has 1 N–H and O–H groups in total. The fourth-order valence-electron chi connectivity index (χ4n) is 3.08. The van der Waals surface area contributed by atoms with E-state index in [0.29, 0.717) is 5.92 Å². The highest BCUT2D eigenvalue weighted by molar-refractivity contribution is 6.64. The minimum atomic E-state index is -0.532. The molecule has 5 heteroatoms. The summed E-state index contributed by atoms with van der Waals surface area (Å²) >= 11 is 0. The van der Waals surface area contributed by atoms with Gasteiger partial charge in [0.05, 0.1) is 11.7 Å². The van der Waals surface area contributed by atoms with Crippen LogP contribution in [0.4, 0.5) is 4.39 Å². The van der Waals surface area contributed by atoms with Crippen LogP contribution in [0.15, 0.2) is 24.4 Å². The normalized spacial score (nSPS) is 27.5. The van der Waals surface area contributed by atoms with E-state index in [4.69, 9.17) is 9.31 Å². The molecule has 0 amide bonds. The predicted octanol–water partition coefficient (Wildman–Crippen LogP) is 3.24. The molecule has 2 heterocycles. The molecule has 0 spiro atoms. The molecule has 3 nitrogen and oxygen atoms in total. The van der Waals surface area contributed by atoms with Crippen molar-refractivity contribution in [2.75, 3.05) is 0 Å². The highest BCUT2D eigenvalue weighted by Crippen LogP contribution is 2.36. The molecule has 0 radical (unpaired) electrons. The van der Waals surface area contributed by atoms with Crippen LogP contribution >= 0.6 is 0 Å². The summed E-state index contributed by atoms with van der Waals surface area (Å²) in [6.07, 6.45) is 2.78. The average Bonchev–Trinajstić information content (AvgIpc) is 3.03. The van der Waals surface area contributed by atoms with Gasteiger partial charge in [0.2, 0.25) is 0 Å². The Morgan fingerprint density at radius 1 is 1.48 bits per heavy atom. The van der Waals surface area contributed by atoms with Gasteiger partial charge in [-0.25, -0.2) is 4.39 Å². The summed E-state index contributed by atoms with van der Waals surface area (Å²) in [7, 11) is -0.532. The molecule has 2 aromatic rings. The monoisotopic (exact) mass is 289 g/mol. The maximum atomic E-state index is 13.8. The Balaban J connectivity index is 2.00. The van der Waals surface area contributed by atoms with E-state index in [1.165, 1.54) is 12.1 Å². The van der Waals surface area contributed by atoms with Crippen LogP contribution < -0.4 is 5.46 Å². The quantitative estimate of drug-likeness (QED) is 0.880. The molecule has 3 rings (SSSR count). The maximum Gasteiger partial charge on any atom is 0.496 e. The van der Waals surface area contributed by atoms with Crippen LogP contribution in [0.3, 0.4) is 0 Å². The number of aromatic nitrogens is 1. The van der Waals surface area contributed by atoms with Gasteiger partial charge in [-0.3, -0.25) is 0 Å². The lowest BCUT2D eigenvalue weighted by molar-refractivity contribution is 0.0110. The summed E-state index contributed by atoms with van der Waals surface area (Å²) in [6.45, 7) is 8.41. The molecule has 1 saturated heterocycles. The zero-order chi connectivity index (χ0) is 15.2. The highest BCUT2D eigenvalue weighted by Gasteiger charge is 2.50. The van der Waals surface area contributed by atoms with Gasteiger partial charge in [0, 0.05) is 22.6 Å². The van der Waals surface area contributed by atoms with E-state index in [0.717, 1.165) is 22.8 Å². The first-order valence-corrected chi connectivity index (χ1v) is 7.55. The second-order valence-electron chi connectivity index (χ2n) is 6.16. The average molecular weight is 289 g/mol. The van der Waals surface area contributed by atoms with E-state index >= 15 is 0 Å². The smallest absolute Gasteiger partial charge is 0.402 e.